The number of aromatic nitrogens is 2. The zero-order chi connectivity index (χ0) is 12.4. The van der Waals surface area contributed by atoms with Crippen LogP contribution in [0, 0.1) is 10.5 Å². The van der Waals surface area contributed by atoms with E-state index in [9.17, 15) is 0 Å². The van der Waals surface area contributed by atoms with Gasteiger partial charge in [-0.05, 0) is 47.2 Å². The van der Waals surface area contributed by atoms with Gasteiger partial charge in [0.05, 0.1) is 9.26 Å². The SMILES string of the molecule is Cc1nc(Cc2ccc(Br)cc2)nc(N)c1I. The summed E-state index contributed by atoms with van der Waals surface area (Å²) in [5, 5.41) is 0. The van der Waals surface area contributed by atoms with Crippen LogP contribution in [0.3, 0.4) is 0 Å². The number of hydrogen-bond acceptors (Lipinski definition) is 3. The van der Waals surface area contributed by atoms with E-state index in [2.05, 4.69) is 60.6 Å². The quantitative estimate of drug-likeness (QED) is 0.782. The van der Waals surface area contributed by atoms with Crippen molar-refractivity contribution in [2.45, 2.75) is 13.3 Å². The van der Waals surface area contributed by atoms with Gasteiger partial charge in [-0.1, -0.05) is 28.1 Å². The Bertz CT molecular complexity index is 517. The lowest BCUT2D eigenvalue weighted by atomic mass is 10.1. The van der Waals surface area contributed by atoms with Crippen LogP contribution in [0.2, 0.25) is 0 Å². The third kappa shape index (κ3) is 3.16. The summed E-state index contributed by atoms with van der Waals surface area (Å²) in [6, 6.07) is 8.13. The molecule has 1 heterocycles. The molecule has 0 aliphatic carbocycles. The highest BCUT2D eigenvalue weighted by Gasteiger charge is 2.07. The van der Waals surface area contributed by atoms with Crippen LogP contribution in [-0.2, 0) is 6.42 Å². The van der Waals surface area contributed by atoms with Crippen molar-refractivity contribution in [1.29, 1.82) is 0 Å². The summed E-state index contributed by atoms with van der Waals surface area (Å²) < 4.78 is 2.00. The highest BCUT2D eigenvalue weighted by atomic mass is 127. The average molecular weight is 404 g/mol. The second-order valence-electron chi connectivity index (χ2n) is 3.73. The molecule has 1 aromatic heterocycles. The Morgan fingerprint density at radius 1 is 1.24 bits per heavy atom. The van der Waals surface area contributed by atoms with Crippen LogP contribution in [0.25, 0.3) is 0 Å². The fourth-order valence-electron chi connectivity index (χ4n) is 1.51. The van der Waals surface area contributed by atoms with E-state index in [0.29, 0.717) is 12.2 Å². The van der Waals surface area contributed by atoms with Crippen LogP contribution >= 0.6 is 38.5 Å². The maximum absolute atomic E-state index is 5.83. The van der Waals surface area contributed by atoms with Crippen molar-refractivity contribution in [1.82, 2.24) is 9.97 Å². The summed E-state index contributed by atoms with van der Waals surface area (Å²) in [7, 11) is 0. The van der Waals surface area contributed by atoms with Gasteiger partial charge in [0.25, 0.3) is 0 Å². The average Bonchev–Trinajstić information content (AvgIpc) is 2.29. The maximum Gasteiger partial charge on any atom is 0.140 e. The zero-order valence-electron chi connectivity index (χ0n) is 9.24. The molecule has 0 aliphatic heterocycles. The Kier molecular flexibility index (Phi) is 3.98. The van der Waals surface area contributed by atoms with Crippen molar-refractivity contribution in [3.05, 3.63) is 49.4 Å². The molecule has 0 radical (unpaired) electrons. The van der Waals surface area contributed by atoms with E-state index in [0.717, 1.165) is 19.6 Å². The number of nitrogen functional groups attached to an aromatic ring is 1. The predicted octanol–water partition coefficient (Wildman–Crippen LogP) is 3.33. The minimum absolute atomic E-state index is 0.560. The molecule has 0 saturated heterocycles. The van der Waals surface area contributed by atoms with Gasteiger partial charge in [0.15, 0.2) is 0 Å². The number of halogens is 2. The minimum atomic E-state index is 0.560. The molecular weight excluding hydrogens is 393 g/mol. The Labute approximate surface area is 122 Å². The van der Waals surface area contributed by atoms with Gasteiger partial charge in [-0.3, -0.25) is 0 Å². The van der Waals surface area contributed by atoms with Crippen LogP contribution in [0.5, 0.6) is 0 Å². The van der Waals surface area contributed by atoms with Crippen LogP contribution in [-0.4, -0.2) is 9.97 Å². The number of anilines is 1. The summed E-state index contributed by atoms with van der Waals surface area (Å²) >= 11 is 5.58. The van der Waals surface area contributed by atoms with Crippen molar-refractivity contribution in [2.75, 3.05) is 5.73 Å². The topological polar surface area (TPSA) is 51.8 Å². The molecular formula is C12H11BrIN3. The largest absolute Gasteiger partial charge is 0.383 e. The van der Waals surface area contributed by atoms with Crippen LogP contribution < -0.4 is 5.73 Å². The summed E-state index contributed by atoms with van der Waals surface area (Å²) in [5.41, 5.74) is 7.94. The van der Waals surface area contributed by atoms with Gasteiger partial charge < -0.3 is 5.73 Å². The van der Waals surface area contributed by atoms with E-state index in [4.69, 9.17) is 5.73 Å². The Morgan fingerprint density at radius 3 is 2.47 bits per heavy atom. The number of nitrogens with zero attached hydrogens (tertiary/aromatic N) is 2. The molecule has 0 fully saturated rings. The van der Waals surface area contributed by atoms with E-state index in [1.165, 1.54) is 5.56 Å². The number of rotatable bonds is 2. The standard InChI is InChI=1S/C12H11BrIN3/c1-7-11(14)12(15)17-10(16-7)6-8-2-4-9(13)5-3-8/h2-5H,6H2,1H3,(H2,15,16,17). The fourth-order valence-corrected chi connectivity index (χ4v) is 2.01. The molecule has 0 bridgehead atoms. The molecule has 2 rings (SSSR count). The van der Waals surface area contributed by atoms with Crippen molar-refractivity contribution < 1.29 is 0 Å². The summed E-state index contributed by atoms with van der Waals surface area (Å²) in [4.78, 5) is 8.74. The van der Waals surface area contributed by atoms with Crippen molar-refractivity contribution in [3.63, 3.8) is 0 Å². The molecule has 1 aromatic carbocycles. The summed E-state index contributed by atoms with van der Waals surface area (Å²) in [6.07, 6.45) is 0.704. The molecule has 5 heteroatoms. The smallest absolute Gasteiger partial charge is 0.140 e. The lowest BCUT2D eigenvalue weighted by Gasteiger charge is -2.06. The highest BCUT2D eigenvalue weighted by Crippen LogP contribution is 2.17. The van der Waals surface area contributed by atoms with Gasteiger partial charge in [0.2, 0.25) is 0 Å². The van der Waals surface area contributed by atoms with Crippen molar-refractivity contribution in [2.24, 2.45) is 0 Å². The molecule has 0 spiro atoms. The first kappa shape index (κ1) is 12.8. The van der Waals surface area contributed by atoms with E-state index >= 15 is 0 Å². The molecule has 0 atom stereocenters. The third-order valence-corrected chi connectivity index (χ3v) is 4.23. The molecule has 2 N–H and O–H groups in total. The molecule has 2 aromatic rings. The lowest BCUT2D eigenvalue weighted by Crippen LogP contribution is -2.05. The van der Waals surface area contributed by atoms with E-state index in [1.54, 1.807) is 0 Å². The monoisotopic (exact) mass is 403 g/mol. The van der Waals surface area contributed by atoms with Crippen molar-refractivity contribution in [3.8, 4) is 0 Å². The van der Waals surface area contributed by atoms with E-state index in [-0.39, 0.29) is 0 Å². The summed E-state index contributed by atoms with van der Waals surface area (Å²) in [6.45, 7) is 1.95. The van der Waals surface area contributed by atoms with Gasteiger partial charge in [-0.15, -0.1) is 0 Å². The van der Waals surface area contributed by atoms with Crippen LogP contribution in [0.1, 0.15) is 17.1 Å². The molecule has 88 valence electrons. The van der Waals surface area contributed by atoms with Gasteiger partial charge in [-0.25, -0.2) is 9.97 Å². The molecule has 0 amide bonds. The molecule has 0 aliphatic rings. The first-order chi connectivity index (χ1) is 8.06. The second kappa shape index (κ2) is 5.30. The molecule has 0 unspecified atom stereocenters. The summed E-state index contributed by atoms with van der Waals surface area (Å²) in [5.74, 6) is 1.33. The zero-order valence-corrected chi connectivity index (χ0v) is 13.0. The highest BCUT2D eigenvalue weighted by molar-refractivity contribution is 14.1. The Morgan fingerprint density at radius 2 is 1.88 bits per heavy atom. The minimum Gasteiger partial charge on any atom is -0.383 e. The predicted molar refractivity (Wildman–Crippen MR) is 80.8 cm³/mol. The second-order valence-corrected chi connectivity index (χ2v) is 5.72. The van der Waals surface area contributed by atoms with Gasteiger partial charge >= 0.3 is 0 Å². The normalized spacial score (nSPS) is 10.5. The third-order valence-electron chi connectivity index (χ3n) is 2.36. The van der Waals surface area contributed by atoms with Crippen LogP contribution in [0.4, 0.5) is 5.82 Å². The Balaban J connectivity index is 2.27. The van der Waals surface area contributed by atoms with Crippen LogP contribution in [0.15, 0.2) is 28.7 Å². The lowest BCUT2D eigenvalue weighted by molar-refractivity contribution is 0.940. The van der Waals surface area contributed by atoms with Gasteiger partial charge in [-0.2, -0.15) is 0 Å². The van der Waals surface area contributed by atoms with E-state index < -0.39 is 0 Å². The number of hydrogen-bond donors (Lipinski definition) is 1. The fraction of sp³-hybridized carbons (Fsp3) is 0.167. The Hall–Kier alpha value is -0.690. The maximum atomic E-state index is 5.83. The first-order valence-corrected chi connectivity index (χ1v) is 6.96. The number of benzene rings is 1. The first-order valence-electron chi connectivity index (χ1n) is 5.09. The number of aryl methyl sites for hydroxylation is 1. The van der Waals surface area contributed by atoms with E-state index in [1.807, 2.05) is 19.1 Å². The van der Waals surface area contributed by atoms with Gasteiger partial charge in [0, 0.05) is 10.9 Å². The molecule has 0 saturated carbocycles. The van der Waals surface area contributed by atoms with Crippen molar-refractivity contribution >= 4 is 44.3 Å². The number of nitrogens with two attached hydrogens (primary N) is 1. The molecule has 17 heavy (non-hydrogen) atoms. The molecule has 3 nitrogen and oxygen atoms in total. The van der Waals surface area contributed by atoms with Gasteiger partial charge in [0.1, 0.15) is 11.6 Å².